The molecular weight excluding hydrogens is 379 g/mol. The summed E-state index contributed by atoms with van der Waals surface area (Å²) >= 11 is 0. The Morgan fingerprint density at radius 2 is 1.70 bits per heavy atom. The maximum atomic E-state index is 13.1. The summed E-state index contributed by atoms with van der Waals surface area (Å²) in [7, 11) is -5.45. The third kappa shape index (κ3) is 4.36. The summed E-state index contributed by atoms with van der Waals surface area (Å²) in [5.74, 6) is 0. The van der Waals surface area contributed by atoms with Crippen molar-refractivity contribution in [1.29, 1.82) is 0 Å². The van der Waals surface area contributed by atoms with E-state index in [2.05, 4.69) is 10.6 Å². The third-order valence-corrected chi connectivity index (χ3v) is 5.91. The van der Waals surface area contributed by atoms with Crippen LogP contribution in [-0.4, -0.2) is 40.1 Å². The summed E-state index contributed by atoms with van der Waals surface area (Å²) in [4.78, 5) is 1.25. The molecule has 1 heterocycles. The molecule has 0 atom stereocenters. The highest BCUT2D eigenvalue weighted by Gasteiger charge is 2.48. The summed E-state index contributed by atoms with van der Waals surface area (Å²) in [6, 6.07) is 13.0. The van der Waals surface area contributed by atoms with Crippen LogP contribution in [-0.2, 0) is 16.4 Å². The Morgan fingerprint density at radius 1 is 1.04 bits per heavy atom. The predicted molar refractivity (Wildman–Crippen MR) is 98.5 cm³/mol. The molecule has 9 heteroatoms. The van der Waals surface area contributed by atoms with Gasteiger partial charge in [-0.25, -0.2) is 8.42 Å². The highest BCUT2D eigenvalue weighted by Crippen LogP contribution is 2.36. The number of hydrogen-bond acceptors (Lipinski definition) is 5. The molecule has 0 saturated carbocycles. The Morgan fingerprint density at radius 3 is 2.33 bits per heavy atom. The van der Waals surface area contributed by atoms with Crippen molar-refractivity contribution in [1.82, 2.24) is 5.32 Å². The second-order valence-corrected chi connectivity index (χ2v) is 8.12. The standard InChI is InChI=1S/C18H20F3N3O2S/c19-18(20,21)27(25,26)17-7-6-15(24-10-8-22-9-11-24)12-16(17)23-13-14-4-2-1-3-5-14/h1-7,12,22-23H,8-11,13H2. The summed E-state index contributed by atoms with van der Waals surface area (Å²) in [6.07, 6.45) is 0. The van der Waals surface area contributed by atoms with Crippen LogP contribution in [0.5, 0.6) is 0 Å². The van der Waals surface area contributed by atoms with Crippen LogP contribution in [0.2, 0.25) is 0 Å². The minimum absolute atomic E-state index is 0.0489. The van der Waals surface area contributed by atoms with Gasteiger partial charge in [-0.15, -0.1) is 0 Å². The van der Waals surface area contributed by atoms with Crippen LogP contribution in [0.4, 0.5) is 24.5 Å². The first kappa shape index (κ1) is 19.5. The Balaban J connectivity index is 1.96. The quantitative estimate of drug-likeness (QED) is 0.810. The van der Waals surface area contributed by atoms with E-state index in [0.29, 0.717) is 18.8 Å². The lowest BCUT2D eigenvalue weighted by molar-refractivity contribution is -0.0435. The number of nitrogens with zero attached hydrogens (tertiary/aromatic N) is 1. The molecule has 0 aliphatic carbocycles. The number of anilines is 2. The van der Waals surface area contributed by atoms with E-state index >= 15 is 0 Å². The van der Waals surface area contributed by atoms with Gasteiger partial charge in [0.05, 0.1) is 10.6 Å². The molecule has 2 aromatic carbocycles. The Hall–Kier alpha value is -2.26. The Kier molecular flexibility index (Phi) is 5.61. The molecule has 0 amide bonds. The van der Waals surface area contributed by atoms with Crippen molar-refractivity contribution < 1.29 is 21.6 Å². The fraction of sp³-hybridized carbons (Fsp3) is 0.333. The van der Waals surface area contributed by atoms with Crippen molar-refractivity contribution in [2.75, 3.05) is 36.4 Å². The van der Waals surface area contributed by atoms with E-state index in [9.17, 15) is 21.6 Å². The van der Waals surface area contributed by atoms with Crippen molar-refractivity contribution in [2.45, 2.75) is 16.9 Å². The van der Waals surface area contributed by atoms with E-state index in [-0.39, 0.29) is 12.2 Å². The van der Waals surface area contributed by atoms with Crippen LogP contribution in [0.1, 0.15) is 5.56 Å². The number of halogens is 3. The lowest BCUT2D eigenvalue weighted by Crippen LogP contribution is -2.43. The van der Waals surface area contributed by atoms with Gasteiger partial charge in [0.2, 0.25) is 0 Å². The summed E-state index contributed by atoms with van der Waals surface area (Å²) in [5.41, 5.74) is -3.88. The molecule has 1 saturated heterocycles. The first-order chi connectivity index (χ1) is 12.8. The second-order valence-electron chi connectivity index (χ2n) is 6.21. The topological polar surface area (TPSA) is 61.4 Å². The SMILES string of the molecule is O=S(=O)(c1ccc(N2CCNCC2)cc1NCc1ccccc1)C(F)(F)F. The normalized spacial score (nSPS) is 15.6. The second kappa shape index (κ2) is 7.77. The smallest absolute Gasteiger partial charge is 0.380 e. The van der Waals surface area contributed by atoms with Crippen LogP contribution in [0.15, 0.2) is 53.4 Å². The van der Waals surface area contributed by atoms with Gasteiger partial charge in [0, 0.05) is 38.4 Å². The molecular formula is C18H20F3N3O2S. The lowest BCUT2D eigenvalue weighted by atomic mass is 10.2. The molecule has 1 aliphatic rings. The van der Waals surface area contributed by atoms with Crippen molar-refractivity contribution in [3.8, 4) is 0 Å². The zero-order chi connectivity index (χ0) is 19.5. The molecule has 2 aromatic rings. The molecule has 5 nitrogen and oxygen atoms in total. The van der Waals surface area contributed by atoms with Crippen molar-refractivity contribution in [3.63, 3.8) is 0 Å². The lowest BCUT2D eigenvalue weighted by Gasteiger charge is -2.30. The first-order valence-corrected chi connectivity index (χ1v) is 9.96. The van der Waals surface area contributed by atoms with Gasteiger partial charge in [0.15, 0.2) is 0 Å². The van der Waals surface area contributed by atoms with Crippen LogP contribution in [0.3, 0.4) is 0 Å². The van der Waals surface area contributed by atoms with E-state index in [1.165, 1.54) is 12.1 Å². The molecule has 146 valence electrons. The first-order valence-electron chi connectivity index (χ1n) is 8.48. The Labute approximate surface area is 156 Å². The largest absolute Gasteiger partial charge is 0.501 e. The van der Waals surface area contributed by atoms with Crippen molar-refractivity contribution in [3.05, 3.63) is 54.1 Å². The zero-order valence-corrected chi connectivity index (χ0v) is 15.3. The average Bonchev–Trinajstić information content (AvgIpc) is 2.67. The van der Waals surface area contributed by atoms with Crippen LogP contribution in [0, 0.1) is 0 Å². The molecule has 0 aromatic heterocycles. The molecule has 27 heavy (non-hydrogen) atoms. The average molecular weight is 399 g/mol. The maximum absolute atomic E-state index is 13.1. The highest BCUT2D eigenvalue weighted by molar-refractivity contribution is 7.92. The number of sulfone groups is 1. The fourth-order valence-electron chi connectivity index (χ4n) is 2.93. The third-order valence-electron chi connectivity index (χ3n) is 4.37. The van der Waals surface area contributed by atoms with Crippen molar-refractivity contribution >= 4 is 21.2 Å². The molecule has 2 N–H and O–H groups in total. The zero-order valence-electron chi connectivity index (χ0n) is 14.5. The molecule has 3 rings (SSSR count). The van der Waals surface area contributed by atoms with Gasteiger partial charge in [-0.2, -0.15) is 13.2 Å². The molecule has 0 bridgehead atoms. The molecule has 0 spiro atoms. The van der Waals surface area contributed by atoms with E-state index in [0.717, 1.165) is 24.7 Å². The number of rotatable bonds is 5. The van der Waals surface area contributed by atoms with Gasteiger partial charge in [-0.3, -0.25) is 0 Å². The monoisotopic (exact) mass is 399 g/mol. The van der Waals surface area contributed by atoms with Gasteiger partial charge in [-0.05, 0) is 23.8 Å². The number of alkyl halides is 3. The van der Waals surface area contributed by atoms with Crippen LogP contribution >= 0.6 is 0 Å². The number of nitrogens with one attached hydrogen (secondary N) is 2. The van der Waals surface area contributed by atoms with Crippen LogP contribution in [0.25, 0.3) is 0 Å². The minimum atomic E-state index is -5.45. The minimum Gasteiger partial charge on any atom is -0.380 e. The van der Waals surface area contributed by atoms with Gasteiger partial charge < -0.3 is 15.5 Å². The van der Waals surface area contributed by atoms with E-state index in [4.69, 9.17) is 0 Å². The number of benzene rings is 2. The fourth-order valence-corrected chi connectivity index (χ4v) is 3.85. The molecule has 0 unspecified atom stereocenters. The highest BCUT2D eigenvalue weighted by atomic mass is 32.2. The number of hydrogen-bond donors (Lipinski definition) is 2. The number of piperazine rings is 1. The van der Waals surface area contributed by atoms with Gasteiger partial charge in [0.1, 0.15) is 0 Å². The predicted octanol–water partition coefficient (Wildman–Crippen LogP) is 3.00. The van der Waals surface area contributed by atoms with Crippen LogP contribution < -0.4 is 15.5 Å². The summed E-state index contributed by atoms with van der Waals surface area (Å²) in [5, 5.41) is 6.07. The van der Waals surface area contributed by atoms with E-state index in [1.54, 1.807) is 0 Å². The molecule has 1 fully saturated rings. The molecule has 1 aliphatic heterocycles. The van der Waals surface area contributed by atoms with E-state index < -0.39 is 20.2 Å². The van der Waals surface area contributed by atoms with Crippen molar-refractivity contribution in [2.24, 2.45) is 0 Å². The van der Waals surface area contributed by atoms with Gasteiger partial charge >= 0.3 is 5.51 Å². The summed E-state index contributed by atoms with van der Waals surface area (Å²) in [6.45, 7) is 3.13. The molecule has 0 radical (unpaired) electrons. The summed E-state index contributed by atoms with van der Waals surface area (Å²) < 4.78 is 63.2. The maximum Gasteiger partial charge on any atom is 0.501 e. The van der Waals surface area contributed by atoms with Gasteiger partial charge in [-0.1, -0.05) is 30.3 Å². The Bertz CT molecular complexity index is 880. The van der Waals surface area contributed by atoms with E-state index in [1.807, 2.05) is 35.2 Å². The van der Waals surface area contributed by atoms with Gasteiger partial charge in [0.25, 0.3) is 9.84 Å².